The number of nitrogens with zero attached hydrogens (tertiary/aromatic N) is 1. The van der Waals surface area contributed by atoms with E-state index in [1.54, 1.807) is 17.1 Å². The highest BCUT2D eigenvalue weighted by atomic mass is 16.6. The lowest BCUT2D eigenvalue weighted by atomic mass is 9.91. The molecule has 3 N–H and O–H groups in total. The van der Waals surface area contributed by atoms with Gasteiger partial charge in [0.25, 0.3) is 0 Å². The fourth-order valence-corrected chi connectivity index (χ4v) is 8.20. The van der Waals surface area contributed by atoms with E-state index in [-0.39, 0.29) is 62.9 Å². The van der Waals surface area contributed by atoms with Crippen LogP contribution in [0.3, 0.4) is 0 Å². The van der Waals surface area contributed by atoms with E-state index < -0.39 is 29.6 Å². The zero-order chi connectivity index (χ0) is 38.1. The summed E-state index contributed by atoms with van der Waals surface area (Å²) < 4.78 is 11.6. The van der Waals surface area contributed by atoms with Crippen molar-refractivity contribution >= 4 is 23.9 Å². The first kappa shape index (κ1) is 38.5. The molecule has 54 heavy (non-hydrogen) atoms. The Morgan fingerprint density at radius 2 is 1.54 bits per heavy atom. The van der Waals surface area contributed by atoms with Gasteiger partial charge in [-0.05, 0) is 71.9 Å². The molecule has 3 aromatic rings. The van der Waals surface area contributed by atoms with Crippen LogP contribution in [0.1, 0.15) is 79.5 Å². The number of aliphatic hydroxyl groups is 1. The van der Waals surface area contributed by atoms with Gasteiger partial charge in [-0.25, -0.2) is 9.59 Å². The molecule has 3 aliphatic rings. The number of ether oxygens (including phenoxy) is 2. The quantitative estimate of drug-likeness (QED) is 0.115. The van der Waals surface area contributed by atoms with Crippen molar-refractivity contribution in [1.29, 1.82) is 0 Å². The van der Waals surface area contributed by atoms with Crippen LogP contribution in [0.25, 0.3) is 11.1 Å². The van der Waals surface area contributed by atoms with Crippen LogP contribution in [0.15, 0.2) is 98.1 Å². The van der Waals surface area contributed by atoms with Gasteiger partial charge in [-0.1, -0.05) is 97.8 Å². The standard InChI is InChI=1S/C44H51N3O7/c1-3-5-21-39(45-43(52)53-28-38-36-19-10-8-17-34(36)35-18-9-11-20-37(35)38)42(51)54-29-44(22-12-13-23-44)46-41(50)31(14-4-2)25-40(49)47-26-32-16-7-6-15-30(32)24-33(47)27-48/h3-4,6-11,15-20,31,33,38-39,48H,1-2,5,12-14,21-29H2,(H,45,52)(H,46,50). The van der Waals surface area contributed by atoms with E-state index in [0.29, 0.717) is 32.2 Å². The Morgan fingerprint density at radius 3 is 2.19 bits per heavy atom. The molecule has 1 aliphatic heterocycles. The molecule has 6 rings (SSSR count). The molecule has 0 radical (unpaired) electrons. The average molecular weight is 734 g/mol. The molecule has 10 heteroatoms. The maximum absolute atomic E-state index is 13.9. The van der Waals surface area contributed by atoms with Gasteiger partial charge in [0.1, 0.15) is 19.3 Å². The minimum atomic E-state index is -0.979. The van der Waals surface area contributed by atoms with E-state index in [1.165, 1.54) is 0 Å². The Hall–Kier alpha value is -5.22. The van der Waals surface area contributed by atoms with Crippen LogP contribution in [0.2, 0.25) is 0 Å². The first-order chi connectivity index (χ1) is 26.3. The Labute approximate surface area is 317 Å². The van der Waals surface area contributed by atoms with Crippen molar-refractivity contribution in [2.45, 2.75) is 87.9 Å². The Bertz CT molecular complexity index is 1810. The van der Waals surface area contributed by atoms with Crippen LogP contribution in [0.5, 0.6) is 0 Å². The number of carbonyl (C=O) groups excluding carboxylic acids is 4. The highest BCUT2D eigenvalue weighted by Gasteiger charge is 2.40. The number of aliphatic hydroxyl groups excluding tert-OH is 1. The van der Waals surface area contributed by atoms with E-state index in [2.05, 4.69) is 35.9 Å². The fraction of sp³-hybridized carbons (Fsp3) is 0.409. The van der Waals surface area contributed by atoms with Crippen LogP contribution < -0.4 is 10.6 Å². The number of hydrogen-bond donors (Lipinski definition) is 3. The summed E-state index contributed by atoms with van der Waals surface area (Å²) in [6.45, 7) is 7.84. The van der Waals surface area contributed by atoms with Crippen molar-refractivity contribution in [3.8, 4) is 11.1 Å². The van der Waals surface area contributed by atoms with Crippen LogP contribution >= 0.6 is 0 Å². The first-order valence-corrected chi connectivity index (χ1v) is 19.0. The van der Waals surface area contributed by atoms with Gasteiger partial charge in [0.05, 0.1) is 24.1 Å². The molecule has 2 aliphatic carbocycles. The van der Waals surface area contributed by atoms with E-state index in [4.69, 9.17) is 9.47 Å². The number of rotatable bonds is 16. The summed E-state index contributed by atoms with van der Waals surface area (Å²) >= 11 is 0. The van der Waals surface area contributed by atoms with E-state index in [1.807, 2.05) is 60.7 Å². The number of carbonyl (C=O) groups is 4. The summed E-state index contributed by atoms with van der Waals surface area (Å²) in [7, 11) is 0. The summed E-state index contributed by atoms with van der Waals surface area (Å²) in [5.41, 5.74) is 5.75. The van der Waals surface area contributed by atoms with Crippen molar-refractivity contribution < 1.29 is 33.8 Å². The van der Waals surface area contributed by atoms with E-state index in [0.717, 1.165) is 46.2 Å². The van der Waals surface area contributed by atoms with Crippen LogP contribution in [0, 0.1) is 5.92 Å². The SMILES string of the molecule is C=CCCC(NC(=O)OCC1c2ccccc2-c2ccccc21)C(=O)OCC1(NC(=O)C(CC=C)CC(=O)N2Cc3ccccc3CC2CO)CCCC1. The molecule has 284 valence electrons. The number of nitrogens with one attached hydrogen (secondary N) is 2. The third-order valence-corrected chi connectivity index (χ3v) is 11.1. The molecular formula is C44H51N3O7. The second-order valence-electron chi connectivity index (χ2n) is 14.7. The van der Waals surface area contributed by atoms with Crippen LogP contribution in [-0.4, -0.2) is 71.3 Å². The largest absolute Gasteiger partial charge is 0.462 e. The lowest BCUT2D eigenvalue weighted by molar-refractivity contribution is -0.149. The number of amides is 3. The number of fused-ring (bicyclic) bond motifs is 4. The highest BCUT2D eigenvalue weighted by Crippen LogP contribution is 2.44. The van der Waals surface area contributed by atoms with Crippen molar-refractivity contribution in [3.63, 3.8) is 0 Å². The lowest BCUT2D eigenvalue weighted by Crippen LogP contribution is -2.54. The molecule has 3 amide bonds. The number of hydrogen-bond acceptors (Lipinski definition) is 7. The van der Waals surface area contributed by atoms with Crippen LogP contribution in [0.4, 0.5) is 4.79 Å². The van der Waals surface area contributed by atoms with E-state index >= 15 is 0 Å². The van der Waals surface area contributed by atoms with Gasteiger partial charge < -0.3 is 30.1 Å². The fourth-order valence-electron chi connectivity index (χ4n) is 8.20. The van der Waals surface area contributed by atoms with Gasteiger partial charge in [-0.3, -0.25) is 9.59 Å². The third kappa shape index (κ3) is 8.76. The molecule has 1 saturated carbocycles. The van der Waals surface area contributed by atoms with Gasteiger partial charge in [-0.15, -0.1) is 13.2 Å². The summed E-state index contributed by atoms with van der Waals surface area (Å²) in [6.07, 6.45) is 7.00. The summed E-state index contributed by atoms with van der Waals surface area (Å²) in [5.74, 6) is -1.94. The second kappa shape index (κ2) is 17.7. The predicted octanol–water partition coefficient (Wildman–Crippen LogP) is 6.36. The number of benzene rings is 3. The van der Waals surface area contributed by atoms with E-state index in [9.17, 15) is 24.3 Å². The first-order valence-electron chi connectivity index (χ1n) is 19.0. The minimum absolute atomic E-state index is 0.0416. The zero-order valence-corrected chi connectivity index (χ0v) is 30.8. The molecule has 3 atom stereocenters. The van der Waals surface area contributed by atoms with Gasteiger partial charge in [0.15, 0.2) is 0 Å². The van der Waals surface area contributed by atoms with Crippen molar-refractivity contribution in [1.82, 2.24) is 15.5 Å². The molecule has 10 nitrogen and oxygen atoms in total. The molecule has 1 fully saturated rings. The molecule has 0 aromatic heterocycles. The predicted molar refractivity (Wildman–Crippen MR) is 206 cm³/mol. The Kier molecular flexibility index (Phi) is 12.6. The van der Waals surface area contributed by atoms with Gasteiger partial charge in [-0.2, -0.15) is 0 Å². The molecule has 1 heterocycles. The number of alkyl carbamates (subject to hydrolysis) is 1. The average Bonchev–Trinajstić information content (AvgIpc) is 3.79. The topological polar surface area (TPSA) is 134 Å². The number of allylic oxidation sites excluding steroid dienone is 2. The smallest absolute Gasteiger partial charge is 0.407 e. The summed E-state index contributed by atoms with van der Waals surface area (Å²) in [6, 6.07) is 22.7. The van der Waals surface area contributed by atoms with Gasteiger partial charge in [0, 0.05) is 18.9 Å². The minimum Gasteiger partial charge on any atom is -0.462 e. The Morgan fingerprint density at radius 1 is 0.889 bits per heavy atom. The zero-order valence-electron chi connectivity index (χ0n) is 30.8. The maximum atomic E-state index is 13.9. The van der Waals surface area contributed by atoms with Gasteiger partial charge >= 0.3 is 12.1 Å². The lowest BCUT2D eigenvalue weighted by Gasteiger charge is -2.37. The normalized spacial score (nSPS) is 17.9. The maximum Gasteiger partial charge on any atom is 0.407 e. The monoisotopic (exact) mass is 733 g/mol. The van der Waals surface area contributed by atoms with Crippen molar-refractivity contribution in [3.05, 3.63) is 120 Å². The molecule has 3 aromatic carbocycles. The molecule has 0 bridgehead atoms. The molecular weight excluding hydrogens is 682 g/mol. The molecule has 3 unspecified atom stereocenters. The summed E-state index contributed by atoms with van der Waals surface area (Å²) in [4.78, 5) is 55.9. The molecule has 0 spiro atoms. The number of esters is 1. The van der Waals surface area contributed by atoms with Crippen molar-refractivity contribution in [2.24, 2.45) is 5.92 Å². The second-order valence-corrected chi connectivity index (χ2v) is 14.7. The van der Waals surface area contributed by atoms with Crippen molar-refractivity contribution in [2.75, 3.05) is 19.8 Å². The highest BCUT2D eigenvalue weighted by molar-refractivity contribution is 5.87. The summed E-state index contributed by atoms with van der Waals surface area (Å²) in [5, 5.41) is 16.0. The van der Waals surface area contributed by atoms with Gasteiger partial charge in [0.2, 0.25) is 11.8 Å². The van der Waals surface area contributed by atoms with Crippen LogP contribution in [-0.2, 0) is 36.8 Å². The third-order valence-electron chi connectivity index (χ3n) is 11.1. The molecule has 0 saturated heterocycles. The Balaban J connectivity index is 1.06.